The average Bonchev–Trinajstić information content (AvgIpc) is 2.17. The molecule has 0 radical (unpaired) electrons. The fourth-order valence-electron chi connectivity index (χ4n) is 1.13. The van der Waals surface area contributed by atoms with Crippen LogP contribution in [0.15, 0.2) is 6.20 Å². The molecule has 4 heteroatoms. The Balaban J connectivity index is 2.68. The van der Waals surface area contributed by atoms with Crippen LogP contribution in [0.5, 0.6) is 0 Å². The van der Waals surface area contributed by atoms with Crippen LogP contribution in [0.2, 0.25) is 0 Å². The van der Waals surface area contributed by atoms with E-state index < -0.39 is 0 Å². The smallest absolute Gasteiger partial charge is 0.132 e. The average molecular weight is 195 g/mol. The third-order valence-corrected chi connectivity index (χ3v) is 1.88. The van der Waals surface area contributed by atoms with Crippen molar-refractivity contribution in [2.75, 3.05) is 12.3 Å². The number of nitrogens with zero attached hydrogens (tertiary/aromatic N) is 2. The molecule has 1 heterocycles. The van der Waals surface area contributed by atoms with Crippen molar-refractivity contribution in [1.82, 2.24) is 9.97 Å². The molecule has 0 saturated carbocycles. The number of rotatable bonds is 5. The lowest BCUT2D eigenvalue weighted by Crippen LogP contribution is -2.05. The molecular formula is C10H17N3O. The van der Waals surface area contributed by atoms with Gasteiger partial charge >= 0.3 is 0 Å². The third kappa shape index (κ3) is 2.96. The number of hydrogen-bond acceptors (Lipinski definition) is 4. The van der Waals surface area contributed by atoms with Crippen molar-refractivity contribution in [2.24, 2.45) is 0 Å². The lowest BCUT2D eigenvalue weighted by Gasteiger charge is -2.05. The summed E-state index contributed by atoms with van der Waals surface area (Å²) < 4.78 is 5.24. The molecule has 0 aliphatic rings. The highest BCUT2D eigenvalue weighted by Crippen LogP contribution is 2.09. The minimum Gasteiger partial charge on any atom is -0.383 e. The van der Waals surface area contributed by atoms with E-state index in [2.05, 4.69) is 16.9 Å². The maximum Gasteiger partial charge on any atom is 0.132 e. The topological polar surface area (TPSA) is 61.0 Å². The predicted octanol–water partition coefficient (Wildman–Crippen LogP) is 1.55. The molecule has 0 aromatic carbocycles. The van der Waals surface area contributed by atoms with E-state index in [1.54, 1.807) is 6.20 Å². The van der Waals surface area contributed by atoms with Crippen LogP contribution >= 0.6 is 0 Å². The largest absolute Gasteiger partial charge is 0.383 e. The van der Waals surface area contributed by atoms with E-state index in [0.717, 1.165) is 24.2 Å². The van der Waals surface area contributed by atoms with Gasteiger partial charge in [-0.2, -0.15) is 0 Å². The van der Waals surface area contributed by atoms with Crippen molar-refractivity contribution >= 4 is 5.82 Å². The Morgan fingerprint density at radius 1 is 1.43 bits per heavy atom. The van der Waals surface area contributed by atoms with Crippen LogP contribution in [0.3, 0.4) is 0 Å². The van der Waals surface area contributed by atoms with Gasteiger partial charge in [0.15, 0.2) is 0 Å². The van der Waals surface area contributed by atoms with E-state index in [4.69, 9.17) is 10.5 Å². The molecule has 0 aliphatic heterocycles. The standard InChI is InChI=1S/C10H17N3O/c1-3-5-9-12-6-8(7-14-4-2)10(11)13-9/h6H,3-5,7H2,1-2H3,(H2,11,12,13). The van der Waals surface area contributed by atoms with Gasteiger partial charge < -0.3 is 10.5 Å². The Morgan fingerprint density at radius 3 is 2.79 bits per heavy atom. The van der Waals surface area contributed by atoms with E-state index in [0.29, 0.717) is 19.0 Å². The highest BCUT2D eigenvalue weighted by molar-refractivity contribution is 5.36. The first-order chi connectivity index (χ1) is 6.77. The van der Waals surface area contributed by atoms with E-state index >= 15 is 0 Å². The van der Waals surface area contributed by atoms with Crippen LogP contribution in [0.4, 0.5) is 5.82 Å². The normalized spacial score (nSPS) is 10.4. The summed E-state index contributed by atoms with van der Waals surface area (Å²) >= 11 is 0. The summed E-state index contributed by atoms with van der Waals surface area (Å²) in [6.07, 6.45) is 3.66. The Morgan fingerprint density at radius 2 is 2.21 bits per heavy atom. The van der Waals surface area contributed by atoms with E-state index in [9.17, 15) is 0 Å². The molecule has 0 atom stereocenters. The lowest BCUT2D eigenvalue weighted by molar-refractivity contribution is 0.134. The molecule has 1 rings (SSSR count). The molecule has 2 N–H and O–H groups in total. The zero-order chi connectivity index (χ0) is 10.4. The van der Waals surface area contributed by atoms with Gasteiger partial charge in [0, 0.05) is 24.8 Å². The Bertz CT molecular complexity index is 289. The van der Waals surface area contributed by atoms with Gasteiger partial charge in [-0.3, -0.25) is 0 Å². The van der Waals surface area contributed by atoms with Gasteiger partial charge in [-0.05, 0) is 13.3 Å². The van der Waals surface area contributed by atoms with Crippen molar-refractivity contribution in [3.05, 3.63) is 17.6 Å². The highest BCUT2D eigenvalue weighted by atomic mass is 16.5. The summed E-state index contributed by atoms with van der Waals surface area (Å²) in [6, 6.07) is 0. The minimum absolute atomic E-state index is 0.495. The first kappa shape index (κ1) is 10.9. The van der Waals surface area contributed by atoms with Crippen LogP contribution in [0.25, 0.3) is 0 Å². The van der Waals surface area contributed by atoms with Crippen molar-refractivity contribution in [3.8, 4) is 0 Å². The summed E-state index contributed by atoms with van der Waals surface area (Å²) in [5.41, 5.74) is 6.63. The molecular weight excluding hydrogens is 178 g/mol. The molecule has 0 aliphatic carbocycles. The van der Waals surface area contributed by atoms with Gasteiger partial charge in [0.2, 0.25) is 0 Å². The molecule has 78 valence electrons. The SMILES string of the molecule is CCCc1ncc(COCC)c(N)n1. The molecule has 0 unspecified atom stereocenters. The van der Waals surface area contributed by atoms with E-state index in [1.165, 1.54) is 0 Å². The Hall–Kier alpha value is -1.16. The lowest BCUT2D eigenvalue weighted by atomic mass is 10.3. The van der Waals surface area contributed by atoms with Gasteiger partial charge in [-0.1, -0.05) is 6.92 Å². The number of nitrogens with two attached hydrogens (primary N) is 1. The second-order valence-corrected chi connectivity index (χ2v) is 3.08. The Labute approximate surface area is 84.5 Å². The maximum absolute atomic E-state index is 5.76. The van der Waals surface area contributed by atoms with Gasteiger partial charge in [-0.15, -0.1) is 0 Å². The van der Waals surface area contributed by atoms with Crippen molar-refractivity contribution < 1.29 is 4.74 Å². The third-order valence-electron chi connectivity index (χ3n) is 1.88. The number of aryl methyl sites for hydroxylation is 1. The number of nitrogen functional groups attached to an aromatic ring is 1. The van der Waals surface area contributed by atoms with Crippen molar-refractivity contribution in [1.29, 1.82) is 0 Å². The molecule has 0 saturated heterocycles. The van der Waals surface area contributed by atoms with Gasteiger partial charge in [-0.25, -0.2) is 9.97 Å². The molecule has 4 nitrogen and oxygen atoms in total. The molecule has 1 aromatic rings. The van der Waals surface area contributed by atoms with Gasteiger partial charge in [0.25, 0.3) is 0 Å². The molecule has 0 fully saturated rings. The fourth-order valence-corrected chi connectivity index (χ4v) is 1.13. The number of hydrogen-bond donors (Lipinski definition) is 1. The summed E-state index contributed by atoms with van der Waals surface area (Å²) in [5.74, 6) is 1.35. The second kappa shape index (κ2) is 5.54. The fraction of sp³-hybridized carbons (Fsp3) is 0.600. The number of aromatic nitrogens is 2. The molecule has 0 amide bonds. The van der Waals surface area contributed by atoms with Crippen molar-refractivity contribution in [3.63, 3.8) is 0 Å². The summed E-state index contributed by atoms with van der Waals surface area (Å²) in [7, 11) is 0. The number of anilines is 1. The Kier molecular flexibility index (Phi) is 4.32. The first-order valence-corrected chi connectivity index (χ1v) is 4.96. The summed E-state index contributed by atoms with van der Waals surface area (Å²) in [6.45, 7) is 5.21. The summed E-state index contributed by atoms with van der Waals surface area (Å²) in [4.78, 5) is 8.41. The van der Waals surface area contributed by atoms with E-state index in [-0.39, 0.29) is 0 Å². The zero-order valence-corrected chi connectivity index (χ0v) is 8.79. The van der Waals surface area contributed by atoms with Gasteiger partial charge in [0.1, 0.15) is 11.6 Å². The monoisotopic (exact) mass is 195 g/mol. The predicted molar refractivity (Wildman–Crippen MR) is 55.8 cm³/mol. The van der Waals surface area contributed by atoms with Crippen LogP contribution in [0.1, 0.15) is 31.7 Å². The first-order valence-electron chi connectivity index (χ1n) is 4.96. The van der Waals surface area contributed by atoms with E-state index in [1.807, 2.05) is 6.92 Å². The highest BCUT2D eigenvalue weighted by Gasteiger charge is 2.03. The minimum atomic E-state index is 0.495. The second-order valence-electron chi connectivity index (χ2n) is 3.08. The quantitative estimate of drug-likeness (QED) is 0.774. The van der Waals surface area contributed by atoms with Crippen LogP contribution in [0, 0.1) is 0 Å². The summed E-state index contributed by atoms with van der Waals surface area (Å²) in [5, 5.41) is 0. The molecule has 1 aromatic heterocycles. The maximum atomic E-state index is 5.76. The van der Waals surface area contributed by atoms with Crippen LogP contribution < -0.4 is 5.73 Å². The van der Waals surface area contributed by atoms with Crippen molar-refractivity contribution in [2.45, 2.75) is 33.3 Å². The molecule has 0 bridgehead atoms. The zero-order valence-electron chi connectivity index (χ0n) is 8.79. The molecule has 0 spiro atoms. The number of ether oxygens (including phenoxy) is 1. The van der Waals surface area contributed by atoms with Gasteiger partial charge in [0.05, 0.1) is 6.61 Å². The molecule has 14 heavy (non-hydrogen) atoms. The van der Waals surface area contributed by atoms with Crippen LogP contribution in [-0.4, -0.2) is 16.6 Å². The van der Waals surface area contributed by atoms with Crippen LogP contribution in [-0.2, 0) is 17.8 Å².